The van der Waals surface area contributed by atoms with Crippen LogP contribution in [0.2, 0.25) is 0 Å². The molecule has 4 nitrogen and oxygen atoms in total. The van der Waals surface area contributed by atoms with E-state index in [2.05, 4.69) is 49.1 Å². The lowest BCUT2D eigenvalue weighted by Gasteiger charge is -2.20. The molecule has 3 heterocycles. The molecule has 5 heteroatoms. The summed E-state index contributed by atoms with van der Waals surface area (Å²) in [7, 11) is 0. The van der Waals surface area contributed by atoms with Crippen LogP contribution in [0.5, 0.6) is 0 Å². The molecule has 5 aromatic rings. The average Bonchev–Trinajstić information content (AvgIpc) is 3.57. The second kappa shape index (κ2) is 9.17. The minimum absolute atomic E-state index is 0.262. The number of aliphatic imine (C=N–C) groups is 1. The summed E-state index contributed by atoms with van der Waals surface area (Å²) in [5, 5.41) is 2.83. The van der Waals surface area contributed by atoms with Gasteiger partial charge in [-0.1, -0.05) is 74.5 Å². The van der Waals surface area contributed by atoms with Crippen LogP contribution >= 0.6 is 11.3 Å². The first kappa shape index (κ1) is 22.4. The van der Waals surface area contributed by atoms with Crippen LogP contribution in [-0.2, 0) is 6.54 Å². The van der Waals surface area contributed by atoms with Crippen molar-refractivity contribution in [3.63, 3.8) is 0 Å². The number of carbonyl (C=O) groups is 1. The van der Waals surface area contributed by atoms with E-state index in [0.29, 0.717) is 23.9 Å². The first-order chi connectivity index (χ1) is 17.6. The van der Waals surface area contributed by atoms with Crippen molar-refractivity contribution in [3.05, 3.63) is 119 Å². The molecular formula is C31H25N3OS. The predicted octanol–water partition coefficient (Wildman–Crippen LogP) is 7.69. The number of nitrogens with zero attached hydrogens (tertiary/aromatic N) is 3. The molecule has 1 amide bonds. The molecule has 0 bridgehead atoms. The van der Waals surface area contributed by atoms with Crippen molar-refractivity contribution in [1.29, 1.82) is 0 Å². The van der Waals surface area contributed by atoms with Gasteiger partial charge < -0.3 is 4.90 Å². The third kappa shape index (κ3) is 4.01. The fraction of sp³-hybridized carbons (Fsp3) is 0.129. The van der Waals surface area contributed by atoms with Crippen LogP contribution < -0.4 is 4.90 Å². The van der Waals surface area contributed by atoms with E-state index in [1.807, 2.05) is 66.0 Å². The minimum Gasteiger partial charge on any atom is -0.321 e. The summed E-state index contributed by atoms with van der Waals surface area (Å²) in [6, 6.07) is 30.4. The van der Waals surface area contributed by atoms with Crippen molar-refractivity contribution in [1.82, 2.24) is 4.98 Å². The van der Waals surface area contributed by atoms with Gasteiger partial charge in [-0.2, -0.15) is 4.99 Å². The largest absolute Gasteiger partial charge is 0.321 e. The molecule has 2 aromatic heterocycles. The molecule has 0 spiro atoms. The molecule has 176 valence electrons. The second-order valence-corrected chi connectivity index (χ2v) is 10.2. The van der Waals surface area contributed by atoms with Crippen LogP contribution in [0.25, 0.3) is 21.5 Å². The number of fused-ring (bicyclic) bond motifs is 2. The smallest absolute Gasteiger partial charge is 0.279 e. The number of para-hydroxylation sites is 1. The molecule has 0 fully saturated rings. The Morgan fingerprint density at radius 2 is 1.72 bits per heavy atom. The molecule has 0 saturated carbocycles. The number of rotatable bonds is 4. The first-order valence-electron chi connectivity index (χ1n) is 12.1. The number of hydrogen-bond donors (Lipinski definition) is 0. The van der Waals surface area contributed by atoms with Crippen LogP contribution in [0.4, 0.5) is 5.69 Å². The van der Waals surface area contributed by atoms with E-state index in [0.717, 1.165) is 38.3 Å². The highest BCUT2D eigenvalue weighted by molar-refractivity contribution is 7.13. The van der Waals surface area contributed by atoms with Gasteiger partial charge >= 0.3 is 0 Å². The van der Waals surface area contributed by atoms with E-state index in [9.17, 15) is 4.79 Å². The summed E-state index contributed by atoms with van der Waals surface area (Å²) in [6.45, 7) is 5.06. The summed E-state index contributed by atoms with van der Waals surface area (Å²) in [4.78, 5) is 26.6. The lowest BCUT2D eigenvalue weighted by molar-refractivity contribution is 0.100. The number of aromatic nitrogens is 1. The number of amidine groups is 1. The summed E-state index contributed by atoms with van der Waals surface area (Å²) in [5.74, 6) is 0.885. The molecule has 6 rings (SSSR count). The number of thiophene rings is 1. The van der Waals surface area contributed by atoms with Gasteiger partial charge in [-0.3, -0.25) is 4.79 Å². The molecule has 0 saturated heterocycles. The number of carbonyl (C=O) groups excluding carboxylic acids is 1. The molecule has 0 N–H and O–H groups in total. The highest BCUT2D eigenvalue weighted by atomic mass is 32.1. The van der Waals surface area contributed by atoms with Crippen LogP contribution in [0.3, 0.4) is 0 Å². The fourth-order valence-corrected chi connectivity index (χ4v) is 5.39. The van der Waals surface area contributed by atoms with Crippen molar-refractivity contribution in [3.8, 4) is 10.6 Å². The van der Waals surface area contributed by atoms with Crippen LogP contribution in [-0.4, -0.2) is 16.7 Å². The normalized spacial score (nSPS) is 14.1. The molecule has 0 atom stereocenters. The van der Waals surface area contributed by atoms with Gasteiger partial charge in [0.05, 0.1) is 28.2 Å². The maximum Gasteiger partial charge on any atom is 0.279 e. The average molecular weight is 488 g/mol. The number of hydrogen-bond acceptors (Lipinski definition) is 3. The van der Waals surface area contributed by atoms with E-state index >= 15 is 0 Å². The molecule has 3 aromatic carbocycles. The zero-order valence-corrected chi connectivity index (χ0v) is 21.0. The van der Waals surface area contributed by atoms with Gasteiger partial charge in [0.25, 0.3) is 5.91 Å². The Hall–Kier alpha value is -4.09. The van der Waals surface area contributed by atoms with E-state index in [-0.39, 0.29) is 5.91 Å². The minimum atomic E-state index is -0.262. The van der Waals surface area contributed by atoms with Crippen LogP contribution in [0, 0.1) is 0 Å². The number of amides is 1. The summed E-state index contributed by atoms with van der Waals surface area (Å²) >= 11 is 1.61. The SMILES string of the molecule is CC(C)c1ccc(N2Cc3ccccc3C2=NC(=O)c2cc(-c3cccs3)nc3ccccc23)cc1. The Morgan fingerprint density at radius 1 is 0.944 bits per heavy atom. The standard InChI is InChI=1S/C31H25N3OS/c1-20(2)21-13-15-23(16-14-21)34-19-22-8-3-4-9-24(22)30(34)33-31(35)26-18-28(29-12-7-17-36-29)32-27-11-6-5-10-25(26)27/h3-18,20H,19H2,1-2H3. The van der Waals surface area contributed by atoms with Gasteiger partial charge in [0.1, 0.15) is 5.84 Å². The summed E-state index contributed by atoms with van der Waals surface area (Å²) in [6.07, 6.45) is 0. The third-order valence-electron chi connectivity index (χ3n) is 6.64. The zero-order valence-electron chi connectivity index (χ0n) is 20.2. The molecule has 1 aliphatic rings. The lowest BCUT2D eigenvalue weighted by atomic mass is 10.0. The van der Waals surface area contributed by atoms with Crippen molar-refractivity contribution in [2.75, 3.05) is 4.90 Å². The molecule has 36 heavy (non-hydrogen) atoms. The lowest BCUT2D eigenvalue weighted by Crippen LogP contribution is -2.25. The van der Waals surface area contributed by atoms with Crippen molar-refractivity contribution in [2.24, 2.45) is 4.99 Å². The maximum atomic E-state index is 13.8. The highest BCUT2D eigenvalue weighted by Gasteiger charge is 2.28. The molecule has 0 unspecified atom stereocenters. The first-order valence-corrected chi connectivity index (χ1v) is 13.0. The Balaban J connectivity index is 1.47. The van der Waals surface area contributed by atoms with Gasteiger partial charge in [0.15, 0.2) is 0 Å². The van der Waals surface area contributed by atoms with Crippen LogP contribution in [0.15, 0.2) is 101 Å². The van der Waals surface area contributed by atoms with E-state index in [1.165, 1.54) is 5.56 Å². The fourth-order valence-electron chi connectivity index (χ4n) is 4.70. The van der Waals surface area contributed by atoms with Gasteiger partial charge in [-0.15, -0.1) is 11.3 Å². The van der Waals surface area contributed by atoms with Gasteiger partial charge in [-0.25, -0.2) is 4.98 Å². The third-order valence-corrected chi connectivity index (χ3v) is 7.53. The topological polar surface area (TPSA) is 45.6 Å². The summed E-state index contributed by atoms with van der Waals surface area (Å²) < 4.78 is 0. The second-order valence-electron chi connectivity index (χ2n) is 9.28. The number of benzene rings is 3. The molecule has 0 aliphatic carbocycles. The quantitative estimate of drug-likeness (QED) is 0.261. The number of anilines is 1. The molecular weight excluding hydrogens is 462 g/mol. The Morgan fingerprint density at radius 3 is 2.50 bits per heavy atom. The predicted molar refractivity (Wildman–Crippen MR) is 149 cm³/mol. The van der Waals surface area contributed by atoms with E-state index < -0.39 is 0 Å². The van der Waals surface area contributed by atoms with Crippen molar-refractivity contribution >= 4 is 39.7 Å². The molecule has 0 radical (unpaired) electrons. The Labute approximate surface area is 214 Å². The van der Waals surface area contributed by atoms with Gasteiger partial charge in [0, 0.05) is 16.6 Å². The monoisotopic (exact) mass is 487 g/mol. The number of pyridine rings is 1. The van der Waals surface area contributed by atoms with Crippen molar-refractivity contribution < 1.29 is 4.79 Å². The Kier molecular flexibility index (Phi) is 5.70. The molecule has 1 aliphatic heterocycles. The van der Waals surface area contributed by atoms with Crippen molar-refractivity contribution in [2.45, 2.75) is 26.3 Å². The Bertz CT molecular complexity index is 1600. The zero-order chi connectivity index (χ0) is 24.6. The summed E-state index contributed by atoms with van der Waals surface area (Å²) in [5.41, 5.74) is 6.62. The highest BCUT2D eigenvalue weighted by Crippen LogP contribution is 2.32. The van der Waals surface area contributed by atoms with Gasteiger partial charge in [0.2, 0.25) is 0 Å². The van der Waals surface area contributed by atoms with Crippen LogP contribution in [0.1, 0.15) is 46.8 Å². The van der Waals surface area contributed by atoms with E-state index in [4.69, 9.17) is 9.98 Å². The van der Waals surface area contributed by atoms with Gasteiger partial charge in [-0.05, 0) is 52.8 Å². The maximum absolute atomic E-state index is 13.8. The van der Waals surface area contributed by atoms with E-state index in [1.54, 1.807) is 11.3 Å².